The molecule has 0 bridgehead atoms. The van der Waals surface area contributed by atoms with Gasteiger partial charge in [0.25, 0.3) is 0 Å². The Labute approximate surface area is 200 Å². The zero-order chi connectivity index (χ0) is 23.5. The molecule has 0 aliphatic carbocycles. The summed E-state index contributed by atoms with van der Waals surface area (Å²) in [6.07, 6.45) is 4.21. The van der Waals surface area contributed by atoms with E-state index >= 15 is 0 Å². The fourth-order valence-corrected chi connectivity index (χ4v) is 5.05. The summed E-state index contributed by atoms with van der Waals surface area (Å²) < 4.78 is 10.8. The number of carbonyl (C=O) groups is 1. The fourth-order valence-electron chi connectivity index (χ4n) is 5.05. The number of ether oxygens (including phenoxy) is 2. The van der Waals surface area contributed by atoms with Gasteiger partial charge in [0, 0.05) is 56.0 Å². The van der Waals surface area contributed by atoms with Crippen LogP contribution in [0.2, 0.25) is 0 Å². The van der Waals surface area contributed by atoms with Crippen LogP contribution in [0, 0.1) is 5.92 Å². The number of hydrogen-bond acceptors (Lipinski definition) is 6. The van der Waals surface area contributed by atoms with E-state index in [0.29, 0.717) is 13.0 Å². The van der Waals surface area contributed by atoms with Crippen molar-refractivity contribution in [3.8, 4) is 11.5 Å². The van der Waals surface area contributed by atoms with E-state index in [1.165, 1.54) is 11.3 Å². The molecule has 34 heavy (non-hydrogen) atoms. The number of aromatic nitrogens is 1. The molecule has 7 heteroatoms. The first-order valence-electron chi connectivity index (χ1n) is 11.7. The lowest BCUT2D eigenvalue weighted by Crippen LogP contribution is -2.61. The summed E-state index contributed by atoms with van der Waals surface area (Å²) in [4.78, 5) is 22.3. The van der Waals surface area contributed by atoms with Crippen molar-refractivity contribution in [3.05, 3.63) is 78.1 Å². The minimum absolute atomic E-state index is 0.0629. The molecule has 0 spiro atoms. The molecule has 7 nitrogen and oxygen atoms in total. The molecule has 3 heterocycles. The summed E-state index contributed by atoms with van der Waals surface area (Å²) in [5, 5.41) is 3.17. The van der Waals surface area contributed by atoms with Crippen LogP contribution in [0.15, 0.2) is 67.0 Å². The highest BCUT2D eigenvalue weighted by Crippen LogP contribution is 2.39. The number of methoxy groups -OCH3 is 2. The van der Waals surface area contributed by atoms with Gasteiger partial charge >= 0.3 is 0 Å². The lowest BCUT2D eigenvalue weighted by molar-refractivity contribution is -0.126. The van der Waals surface area contributed by atoms with Gasteiger partial charge in [-0.25, -0.2) is 0 Å². The Hall–Kier alpha value is -3.74. The van der Waals surface area contributed by atoms with Crippen LogP contribution in [0.4, 0.5) is 11.4 Å². The van der Waals surface area contributed by atoms with Gasteiger partial charge in [0.1, 0.15) is 11.5 Å². The highest BCUT2D eigenvalue weighted by molar-refractivity contribution is 5.82. The zero-order valence-electron chi connectivity index (χ0n) is 19.6. The topological polar surface area (TPSA) is 66.9 Å². The third kappa shape index (κ3) is 4.38. The second-order valence-corrected chi connectivity index (χ2v) is 8.78. The van der Waals surface area contributed by atoms with Crippen LogP contribution in [0.25, 0.3) is 0 Å². The van der Waals surface area contributed by atoms with Crippen molar-refractivity contribution in [2.75, 3.05) is 43.7 Å². The van der Waals surface area contributed by atoms with E-state index in [2.05, 4.69) is 44.4 Å². The maximum atomic E-state index is 13.5. The molecule has 0 radical (unpaired) electrons. The molecule has 3 aromatic rings. The number of nitrogens with one attached hydrogen (secondary N) is 1. The average Bonchev–Trinajstić information content (AvgIpc) is 2.91. The molecular formula is C27H30N4O3. The highest BCUT2D eigenvalue weighted by Gasteiger charge is 2.41. The van der Waals surface area contributed by atoms with E-state index in [4.69, 9.17) is 9.47 Å². The fraction of sp³-hybridized carbons (Fsp3) is 0.333. The van der Waals surface area contributed by atoms with Crippen molar-refractivity contribution in [1.82, 2.24) is 10.3 Å². The first-order valence-corrected chi connectivity index (χ1v) is 11.7. The average molecular weight is 459 g/mol. The number of anilines is 2. The van der Waals surface area contributed by atoms with Crippen LogP contribution in [0.1, 0.15) is 11.1 Å². The number of piperazine rings is 1. The van der Waals surface area contributed by atoms with Crippen molar-refractivity contribution in [3.63, 3.8) is 0 Å². The predicted octanol–water partition coefficient (Wildman–Crippen LogP) is 3.28. The van der Waals surface area contributed by atoms with Crippen molar-refractivity contribution in [2.45, 2.75) is 19.0 Å². The minimum Gasteiger partial charge on any atom is -0.497 e. The maximum absolute atomic E-state index is 13.5. The van der Waals surface area contributed by atoms with E-state index < -0.39 is 0 Å². The van der Waals surface area contributed by atoms with Gasteiger partial charge in [-0.3, -0.25) is 9.78 Å². The molecule has 1 N–H and O–H groups in total. The van der Waals surface area contributed by atoms with Crippen molar-refractivity contribution >= 4 is 17.3 Å². The summed E-state index contributed by atoms with van der Waals surface area (Å²) in [7, 11) is 3.37. The molecule has 1 fully saturated rings. The summed E-state index contributed by atoms with van der Waals surface area (Å²) in [6, 6.07) is 18.3. The third-order valence-electron chi connectivity index (χ3n) is 6.92. The van der Waals surface area contributed by atoms with Gasteiger partial charge in [0.2, 0.25) is 5.91 Å². The van der Waals surface area contributed by atoms with Gasteiger partial charge in [-0.15, -0.1) is 0 Å². The number of benzene rings is 2. The number of hydrogen-bond donors (Lipinski definition) is 1. The van der Waals surface area contributed by atoms with Crippen LogP contribution in [0.3, 0.4) is 0 Å². The first kappa shape index (κ1) is 22.1. The second-order valence-electron chi connectivity index (χ2n) is 8.78. The molecule has 176 valence electrons. The van der Waals surface area contributed by atoms with Gasteiger partial charge in [0.05, 0.1) is 26.2 Å². The number of nitrogens with zero attached hydrogens (tertiary/aromatic N) is 3. The third-order valence-corrected chi connectivity index (χ3v) is 6.92. The summed E-state index contributed by atoms with van der Waals surface area (Å²) in [6.45, 7) is 2.99. The molecule has 0 saturated carbocycles. The summed E-state index contributed by atoms with van der Waals surface area (Å²) in [5.41, 5.74) is 4.56. The molecule has 2 aromatic carbocycles. The largest absolute Gasteiger partial charge is 0.497 e. The summed E-state index contributed by atoms with van der Waals surface area (Å²) in [5.74, 6) is 1.62. The van der Waals surface area contributed by atoms with E-state index in [9.17, 15) is 4.79 Å². The summed E-state index contributed by atoms with van der Waals surface area (Å²) >= 11 is 0. The number of amides is 1. The van der Waals surface area contributed by atoms with Crippen LogP contribution in [-0.2, 0) is 17.8 Å². The normalized spacial score (nSPS) is 19.1. The zero-order valence-corrected chi connectivity index (χ0v) is 19.6. The van der Waals surface area contributed by atoms with Crippen molar-refractivity contribution < 1.29 is 14.3 Å². The molecular weight excluding hydrogens is 428 g/mol. The van der Waals surface area contributed by atoms with Gasteiger partial charge in [-0.2, -0.15) is 0 Å². The quantitative estimate of drug-likeness (QED) is 0.612. The van der Waals surface area contributed by atoms with Crippen LogP contribution >= 0.6 is 0 Å². The SMILES string of the molecule is COc1ccc(N2CCN3c4cc(OC)ccc4C[C@H](C(=O)NCc4ccncc4)[C@H]3C2)cc1. The number of fused-ring (bicyclic) bond motifs is 3. The Morgan fingerprint density at radius 3 is 2.47 bits per heavy atom. The second kappa shape index (κ2) is 9.63. The van der Waals surface area contributed by atoms with Crippen molar-refractivity contribution in [2.24, 2.45) is 5.92 Å². The Balaban J connectivity index is 1.41. The molecule has 1 amide bonds. The Bertz CT molecular complexity index is 1140. The number of pyridine rings is 1. The van der Waals surface area contributed by atoms with E-state index in [1.54, 1.807) is 26.6 Å². The Morgan fingerprint density at radius 2 is 1.74 bits per heavy atom. The van der Waals surface area contributed by atoms with Crippen LogP contribution < -0.4 is 24.6 Å². The smallest absolute Gasteiger partial charge is 0.225 e. The van der Waals surface area contributed by atoms with Gasteiger partial charge in [-0.05, 0) is 60.0 Å². The number of carbonyl (C=O) groups excluding carboxylic acids is 1. The molecule has 5 rings (SSSR count). The lowest BCUT2D eigenvalue weighted by Gasteiger charge is -2.49. The maximum Gasteiger partial charge on any atom is 0.225 e. The molecule has 1 saturated heterocycles. The Morgan fingerprint density at radius 1 is 1.00 bits per heavy atom. The standard InChI is InChI=1S/C27H30N4O3/c1-33-22-7-4-21(5-8-22)30-13-14-31-25-16-23(34-2)6-3-20(25)15-24(26(31)18-30)27(32)29-17-19-9-11-28-12-10-19/h3-12,16,24,26H,13-15,17-18H2,1-2H3,(H,29,32)/t24-,26+/m0/s1. The monoisotopic (exact) mass is 458 g/mol. The van der Waals surface area contributed by atoms with Gasteiger partial charge < -0.3 is 24.6 Å². The highest BCUT2D eigenvalue weighted by atomic mass is 16.5. The van der Waals surface area contributed by atoms with E-state index in [1.807, 2.05) is 30.3 Å². The molecule has 1 aromatic heterocycles. The van der Waals surface area contributed by atoms with E-state index in [0.717, 1.165) is 42.4 Å². The molecule has 0 unspecified atom stereocenters. The molecule has 2 aliphatic rings. The van der Waals surface area contributed by atoms with E-state index in [-0.39, 0.29) is 17.9 Å². The van der Waals surface area contributed by atoms with Gasteiger partial charge in [0.15, 0.2) is 0 Å². The molecule has 2 aliphatic heterocycles. The van der Waals surface area contributed by atoms with Crippen LogP contribution in [0.5, 0.6) is 11.5 Å². The van der Waals surface area contributed by atoms with Crippen LogP contribution in [-0.4, -0.2) is 50.8 Å². The number of rotatable bonds is 6. The Kier molecular flexibility index (Phi) is 6.25. The molecule has 2 atom stereocenters. The van der Waals surface area contributed by atoms with Crippen molar-refractivity contribution in [1.29, 1.82) is 0 Å². The lowest BCUT2D eigenvalue weighted by atomic mass is 9.83. The first-order chi connectivity index (χ1) is 16.7. The minimum atomic E-state index is -0.149. The van der Waals surface area contributed by atoms with Gasteiger partial charge in [-0.1, -0.05) is 6.07 Å². The predicted molar refractivity (Wildman–Crippen MR) is 133 cm³/mol.